The van der Waals surface area contributed by atoms with E-state index in [2.05, 4.69) is 65.4 Å². The van der Waals surface area contributed by atoms with Gasteiger partial charge in [0, 0.05) is 21.5 Å². The summed E-state index contributed by atoms with van der Waals surface area (Å²) in [6, 6.07) is 4.15. The van der Waals surface area contributed by atoms with Crippen molar-refractivity contribution in [1.82, 2.24) is 15.3 Å². The molecule has 0 bridgehead atoms. The molecule has 0 saturated heterocycles. The Kier molecular flexibility index (Phi) is 5.52. The Labute approximate surface area is 139 Å². The summed E-state index contributed by atoms with van der Waals surface area (Å²) in [6.07, 6.45) is 2.93. The molecule has 1 unspecified atom stereocenters. The summed E-state index contributed by atoms with van der Waals surface area (Å²) in [5.41, 5.74) is 2.24. The van der Waals surface area contributed by atoms with Crippen molar-refractivity contribution in [1.29, 1.82) is 0 Å². The summed E-state index contributed by atoms with van der Waals surface area (Å²) in [5.74, 6) is 0. The zero-order valence-corrected chi connectivity index (χ0v) is 15.4. The van der Waals surface area contributed by atoms with E-state index in [1.165, 1.54) is 0 Å². The van der Waals surface area contributed by atoms with E-state index in [1.807, 2.05) is 12.3 Å². The molecular formula is C16H22BrN3S. The second-order valence-corrected chi connectivity index (χ2v) is 7.91. The van der Waals surface area contributed by atoms with Crippen LogP contribution in [-0.2, 0) is 5.41 Å². The smallest absolute Gasteiger partial charge is 0.116 e. The molecule has 0 aliphatic carbocycles. The standard InChI is InChI=1S/C16H22BrN3S/c1-5-8-18-14(12-7-6-11(17)9-19-12)15-20-13(10-21-15)16(2,3)4/h6-7,9-10,14,18H,5,8H2,1-4H3. The van der Waals surface area contributed by atoms with Gasteiger partial charge >= 0.3 is 0 Å². The zero-order valence-electron chi connectivity index (χ0n) is 13.0. The lowest BCUT2D eigenvalue weighted by Gasteiger charge is -2.17. The molecule has 2 rings (SSSR count). The third kappa shape index (κ3) is 4.34. The summed E-state index contributed by atoms with van der Waals surface area (Å²) < 4.78 is 0.995. The molecule has 2 aromatic rings. The molecule has 0 radical (unpaired) electrons. The summed E-state index contributed by atoms with van der Waals surface area (Å²) >= 11 is 5.15. The second-order valence-electron chi connectivity index (χ2n) is 6.11. The first-order valence-electron chi connectivity index (χ1n) is 7.22. The van der Waals surface area contributed by atoms with E-state index in [9.17, 15) is 0 Å². The van der Waals surface area contributed by atoms with Crippen molar-refractivity contribution in [2.24, 2.45) is 0 Å². The first kappa shape index (κ1) is 16.6. The van der Waals surface area contributed by atoms with Crippen LogP contribution in [0.5, 0.6) is 0 Å². The molecule has 21 heavy (non-hydrogen) atoms. The maximum Gasteiger partial charge on any atom is 0.116 e. The van der Waals surface area contributed by atoms with E-state index in [0.29, 0.717) is 0 Å². The maximum atomic E-state index is 4.84. The van der Waals surface area contributed by atoms with Gasteiger partial charge in [0.1, 0.15) is 11.0 Å². The lowest BCUT2D eigenvalue weighted by molar-refractivity contribution is 0.553. The lowest BCUT2D eigenvalue weighted by atomic mass is 9.93. The highest BCUT2D eigenvalue weighted by molar-refractivity contribution is 9.10. The molecular weight excluding hydrogens is 346 g/mol. The van der Waals surface area contributed by atoms with Crippen LogP contribution >= 0.6 is 27.3 Å². The Balaban J connectivity index is 2.31. The maximum absolute atomic E-state index is 4.84. The Morgan fingerprint density at radius 3 is 2.62 bits per heavy atom. The lowest BCUT2D eigenvalue weighted by Crippen LogP contribution is -2.24. The molecule has 0 fully saturated rings. The molecule has 1 N–H and O–H groups in total. The highest BCUT2D eigenvalue weighted by Crippen LogP contribution is 2.29. The van der Waals surface area contributed by atoms with Crippen LogP contribution in [0.4, 0.5) is 0 Å². The number of rotatable bonds is 5. The summed E-state index contributed by atoms with van der Waals surface area (Å²) in [6.45, 7) is 9.70. The predicted molar refractivity (Wildman–Crippen MR) is 92.9 cm³/mol. The quantitative estimate of drug-likeness (QED) is 0.832. The average Bonchev–Trinajstić information content (AvgIpc) is 2.91. The van der Waals surface area contributed by atoms with Gasteiger partial charge in [-0.1, -0.05) is 27.7 Å². The fourth-order valence-corrected chi connectivity index (χ4v) is 3.29. The molecule has 0 aliphatic heterocycles. The Morgan fingerprint density at radius 1 is 1.33 bits per heavy atom. The number of hydrogen-bond acceptors (Lipinski definition) is 4. The van der Waals surface area contributed by atoms with Crippen LogP contribution in [0, 0.1) is 0 Å². The van der Waals surface area contributed by atoms with Crippen molar-refractivity contribution in [3.8, 4) is 0 Å². The van der Waals surface area contributed by atoms with Crippen LogP contribution in [0.1, 0.15) is 56.6 Å². The molecule has 3 nitrogen and oxygen atoms in total. The zero-order chi connectivity index (χ0) is 15.5. The molecule has 0 saturated carbocycles. The Morgan fingerprint density at radius 2 is 2.10 bits per heavy atom. The molecule has 0 spiro atoms. The van der Waals surface area contributed by atoms with Crippen LogP contribution in [0.3, 0.4) is 0 Å². The van der Waals surface area contributed by atoms with Gasteiger partial charge in [0.2, 0.25) is 0 Å². The van der Waals surface area contributed by atoms with Gasteiger partial charge in [-0.15, -0.1) is 11.3 Å². The van der Waals surface area contributed by atoms with Crippen LogP contribution in [-0.4, -0.2) is 16.5 Å². The molecule has 114 valence electrons. The first-order chi connectivity index (χ1) is 9.91. The number of hydrogen-bond donors (Lipinski definition) is 1. The van der Waals surface area contributed by atoms with Crippen molar-refractivity contribution >= 4 is 27.3 Å². The van der Waals surface area contributed by atoms with E-state index < -0.39 is 0 Å². The largest absolute Gasteiger partial charge is 0.303 e. The fraction of sp³-hybridized carbons (Fsp3) is 0.500. The number of thiazole rings is 1. The van der Waals surface area contributed by atoms with Crippen molar-refractivity contribution < 1.29 is 0 Å². The Hall–Kier alpha value is -0.780. The van der Waals surface area contributed by atoms with E-state index in [1.54, 1.807) is 11.3 Å². The molecule has 0 aliphatic rings. The van der Waals surface area contributed by atoms with Crippen molar-refractivity contribution in [3.05, 3.63) is 44.6 Å². The topological polar surface area (TPSA) is 37.8 Å². The summed E-state index contributed by atoms with van der Waals surface area (Å²) in [5, 5.41) is 6.80. The molecule has 0 amide bonds. The molecule has 2 aromatic heterocycles. The Bertz CT molecular complexity index is 572. The normalized spacial score (nSPS) is 13.4. The summed E-state index contributed by atoms with van der Waals surface area (Å²) in [7, 11) is 0. The van der Waals surface area contributed by atoms with Crippen LogP contribution < -0.4 is 5.32 Å². The van der Waals surface area contributed by atoms with Gasteiger partial charge in [-0.25, -0.2) is 4.98 Å². The van der Waals surface area contributed by atoms with Crippen molar-refractivity contribution in [2.45, 2.75) is 45.6 Å². The highest BCUT2D eigenvalue weighted by Gasteiger charge is 2.22. The van der Waals surface area contributed by atoms with Gasteiger partial charge in [-0.3, -0.25) is 4.98 Å². The van der Waals surface area contributed by atoms with Gasteiger partial charge in [-0.2, -0.15) is 0 Å². The molecule has 1 atom stereocenters. The van der Waals surface area contributed by atoms with Gasteiger partial charge in [0.25, 0.3) is 0 Å². The van der Waals surface area contributed by atoms with Gasteiger partial charge in [-0.05, 0) is 41.0 Å². The van der Waals surface area contributed by atoms with Crippen LogP contribution in [0.25, 0.3) is 0 Å². The number of halogens is 1. The average molecular weight is 368 g/mol. The second kappa shape index (κ2) is 6.99. The van der Waals surface area contributed by atoms with Crippen LogP contribution in [0.2, 0.25) is 0 Å². The first-order valence-corrected chi connectivity index (χ1v) is 8.90. The third-order valence-corrected chi connectivity index (χ3v) is 4.56. The minimum atomic E-state index is 0.0687. The SMILES string of the molecule is CCCNC(c1ccc(Br)cn1)c1nc(C(C)(C)C)cs1. The molecule has 2 heterocycles. The van der Waals surface area contributed by atoms with Crippen LogP contribution in [0.15, 0.2) is 28.2 Å². The molecule has 5 heteroatoms. The third-order valence-electron chi connectivity index (χ3n) is 3.18. The van der Waals surface area contributed by atoms with Gasteiger partial charge in [0.15, 0.2) is 0 Å². The minimum absolute atomic E-state index is 0.0687. The van der Waals surface area contributed by atoms with Crippen molar-refractivity contribution in [3.63, 3.8) is 0 Å². The van der Waals surface area contributed by atoms with E-state index >= 15 is 0 Å². The number of pyridine rings is 1. The highest BCUT2D eigenvalue weighted by atomic mass is 79.9. The summed E-state index contributed by atoms with van der Waals surface area (Å²) in [4.78, 5) is 9.37. The van der Waals surface area contributed by atoms with Gasteiger partial charge in [0.05, 0.1) is 11.4 Å². The van der Waals surface area contributed by atoms with E-state index in [0.717, 1.165) is 33.8 Å². The van der Waals surface area contributed by atoms with E-state index in [-0.39, 0.29) is 11.5 Å². The fourth-order valence-electron chi connectivity index (χ4n) is 1.93. The predicted octanol–water partition coefficient (Wildman–Crippen LogP) is 4.69. The number of nitrogens with one attached hydrogen (secondary N) is 1. The minimum Gasteiger partial charge on any atom is -0.303 e. The van der Waals surface area contributed by atoms with Crippen molar-refractivity contribution in [2.75, 3.05) is 6.54 Å². The number of nitrogens with zero attached hydrogens (tertiary/aromatic N) is 2. The van der Waals surface area contributed by atoms with E-state index in [4.69, 9.17) is 4.98 Å². The van der Waals surface area contributed by atoms with Gasteiger partial charge < -0.3 is 5.32 Å². The molecule has 0 aromatic carbocycles. The number of aromatic nitrogens is 2. The monoisotopic (exact) mass is 367 g/mol.